The van der Waals surface area contributed by atoms with Crippen LogP contribution in [0.4, 0.5) is 4.39 Å². The zero-order chi connectivity index (χ0) is 21.2. The van der Waals surface area contributed by atoms with Crippen LogP contribution in [0.5, 0.6) is 11.5 Å². The zero-order valence-corrected chi connectivity index (χ0v) is 16.6. The average molecular weight is 401 g/mol. The van der Waals surface area contributed by atoms with Crippen LogP contribution in [-0.2, 0) is 4.79 Å². The molecule has 2 amide bonds. The molecule has 2 aromatic carbocycles. The second-order valence-electron chi connectivity index (χ2n) is 6.36. The standard InChI is InChI=1S/C21H24FN3O4/c1-14(2)29-18-9-8-15(12-19(18)28-3)13-24-25-20(26)10-11-23-21(27)16-6-4-5-7-17(16)22/h4-9,12-14H,10-11H2,1-3H3,(H,23,27)(H,25,26). The number of halogens is 1. The fourth-order valence-electron chi connectivity index (χ4n) is 2.38. The van der Waals surface area contributed by atoms with Crippen molar-refractivity contribution in [2.24, 2.45) is 5.10 Å². The highest BCUT2D eigenvalue weighted by Crippen LogP contribution is 2.28. The number of benzene rings is 2. The molecule has 0 saturated carbocycles. The van der Waals surface area contributed by atoms with Crippen LogP contribution in [0.15, 0.2) is 47.6 Å². The monoisotopic (exact) mass is 401 g/mol. The number of carbonyl (C=O) groups is 2. The molecular formula is C21H24FN3O4. The molecule has 0 aromatic heterocycles. The molecule has 0 fully saturated rings. The average Bonchev–Trinajstić information content (AvgIpc) is 2.68. The molecule has 2 aromatic rings. The summed E-state index contributed by atoms with van der Waals surface area (Å²) in [5.74, 6) is -0.393. The van der Waals surface area contributed by atoms with Gasteiger partial charge in [0.25, 0.3) is 5.91 Å². The van der Waals surface area contributed by atoms with Crippen molar-refractivity contribution in [1.82, 2.24) is 10.7 Å². The lowest BCUT2D eigenvalue weighted by Crippen LogP contribution is -2.29. The molecule has 0 bridgehead atoms. The van der Waals surface area contributed by atoms with Crippen molar-refractivity contribution in [1.29, 1.82) is 0 Å². The van der Waals surface area contributed by atoms with E-state index in [-0.39, 0.29) is 30.5 Å². The number of amides is 2. The quantitative estimate of drug-likeness (QED) is 0.500. The molecule has 0 atom stereocenters. The highest BCUT2D eigenvalue weighted by molar-refractivity contribution is 5.94. The summed E-state index contributed by atoms with van der Waals surface area (Å²) < 4.78 is 24.5. The predicted octanol–water partition coefficient (Wildman–Crippen LogP) is 2.89. The highest BCUT2D eigenvalue weighted by Gasteiger charge is 2.11. The molecule has 0 saturated heterocycles. The van der Waals surface area contributed by atoms with Crippen LogP contribution in [0, 0.1) is 5.82 Å². The lowest BCUT2D eigenvalue weighted by Gasteiger charge is -2.13. The minimum Gasteiger partial charge on any atom is -0.493 e. The van der Waals surface area contributed by atoms with Crippen LogP contribution in [-0.4, -0.2) is 37.8 Å². The molecule has 8 heteroatoms. The molecule has 0 radical (unpaired) electrons. The smallest absolute Gasteiger partial charge is 0.254 e. The van der Waals surface area contributed by atoms with E-state index < -0.39 is 11.7 Å². The number of nitrogens with zero attached hydrogens (tertiary/aromatic N) is 1. The van der Waals surface area contributed by atoms with Gasteiger partial charge in [-0.1, -0.05) is 12.1 Å². The molecule has 0 aliphatic rings. The van der Waals surface area contributed by atoms with Crippen LogP contribution in [0.3, 0.4) is 0 Å². The Hall–Kier alpha value is -3.42. The Morgan fingerprint density at radius 2 is 1.93 bits per heavy atom. The highest BCUT2D eigenvalue weighted by atomic mass is 19.1. The van der Waals surface area contributed by atoms with E-state index in [1.54, 1.807) is 31.4 Å². The van der Waals surface area contributed by atoms with E-state index in [4.69, 9.17) is 9.47 Å². The Labute approximate surface area is 168 Å². The van der Waals surface area contributed by atoms with Gasteiger partial charge in [0.1, 0.15) is 5.82 Å². The number of carbonyl (C=O) groups excluding carboxylic acids is 2. The molecule has 2 N–H and O–H groups in total. The van der Waals surface area contributed by atoms with Gasteiger partial charge < -0.3 is 14.8 Å². The minimum atomic E-state index is -0.612. The molecule has 0 unspecified atom stereocenters. The summed E-state index contributed by atoms with van der Waals surface area (Å²) in [6, 6.07) is 10.9. The summed E-state index contributed by atoms with van der Waals surface area (Å²) in [5.41, 5.74) is 3.02. The molecule has 2 rings (SSSR count). The number of rotatable bonds is 9. The third-order valence-corrected chi connectivity index (χ3v) is 3.71. The van der Waals surface area contributed by atoms with Crippen molar-refractivity contribution in [2.45, 2.75) is 26.4 Å². The first kappa shape index (κ1) is 21.9. The lowest BCUT2D eigenvalue weighted by atomic mass is 10.2. The fourth-order valence-corrected chi connectivity index (χ4v) is 2.38. The largest absolute Gasteiger partial charge is 0.493 e. The number of methoxy groups -OCH3 is 1. The number of hydrogen-bond acceptors (Lipinski definition) is 5. The number of ether oxygens (including phenoxy) is 2. The Bertz CT molecular complexity index is 884. The number of hydrogen-bond donors (Lipinski definition) is 2. The maximum Gasteiger partial charge on any atom is 0.254 e. The molecule has 0 aliphatic heterocycles. The SMILES string of the molecule is COc1cc(C=NNC(=O)CCNC(=O)c2ccccc2F)ccc1OC(C)C. The summed E-state index contributed by atoms with van der Waals surface area (Å²) in [6.07, 6.45) is 1.49. The molecule has 0 heterocycles. The van der Waals surface area contributed by atoms with Gasteiger partial charge in [0, 0.05) is 13.0 Å². The summed E-state index contributed by atoms with van der Waals surface area (Å²) >= 11 is 0. The summed E-state index contributed by atoms with van der Waals surface area (Å²) in [4.78, 5) is 23.7. The van der Waals surface area contributed by atoms with Gasteiger partial charge in [-0.3, -0.25) is 9.59 Å². The maximum atomic E-state index is 13.5. The fraction of sp³-hybridized carbons (Fsp3) is 0.286. The molecule has 0 aliphatic carbocycles. The van der Waals surface area contributed by atoms with Crippen LogP contribution < -0.4 is 20.2 Å². The minimum absolute atomic E-state index is 0.00200. The first-order valence-corrected chi connectivity index (χ1v) is 9.10. The van der Waals surface area contributed by atoms with E-state index in [2.05, 4.69) is 15.8 Å². The first-order valence-electron chi connectivity index (χ1n) is 9.10. The first-order chi connectivity index (χ1) is 13.9. The van der Waals surface area contributed by atoms with E-state index >= 15 is 0 Å². The predicted molar refractivity (Wildman–Crippen MR) is 108 cm³/mol. The molecule has 0 spiro atoms. The van der Waals surface area contributed by atoms with Gasteiger partial charge in [-0.05, 0) is 49.7 Å². The van der Waals surface area contributed by atoms with Gasteiger partial charge in [-0.2, -0.15) is 5.10 Å². The lowest BCUT2D eigenvalue weighted by molar-refractivity contribution is -0.120. The van der Waals surface area contributed by atoms with Crippen molar-refractivity contribution in [3.05, 3.63) is 59.4 Å². The molecule has 29 heavy (non-hydrogen) atoms. The molecule has 154 valence electrons. The topological polar surface area (TPSA) is 89.0 Å². The van der Waals surface area contributed by atoms with Gasteiger partial charge in [0.15, 0.2) is 11.5 Å². The van der Waals surface area contributed by atoms with Crippen LogP contribution in [0.25, 0.3) is 0 Å². The normalized spacial score (nSPS) is 10.8. The van der Waals surface area contributed by atoms with Crippen molar-refractivity contribution in [3.63, 3.8) is 0 Å². The van der Waals surface area contributed by atoms with Crippen molar-refractivity contribution >= 4 is 18.0 Å². The van der Waals surface area contributed by atoms with E-state index in [1.807, 2.05) is 13.8 Å². The van der Waals surface area contributed by atoms with Crippen molar-refractivity contribution < 1.29 is 23.5 Å². The van der Waals surface area contributed by atoms with Crippen LogP contribution in [0.2, 0.25) is 0 Å². The van der Waals surface area contributed by atoms with Gasteiger partial charge in [-0.15, -0.1) is 0 Å². The van der Waals surface area contributed by atoms with Gasteiger partial charge in [-0.25, -0.2) is 9.82 Å². The zero-order valence-electron chi connectivity index (χ0n) is 16.6. The summed E-state index contributed by atoms with van der Waals surface area (Å²) in [6.45, 7) is 3.90. The van der Waals surface area contributed by atoms with Crippen LogP contribution in [0.1, 0.15) is 36.2 Å². The van der Waals surface area contributed by atoms with Gasteiger partial charge in [0.2, 0.25) is 5.91 Å². The number of nitrogens with one attached hydrogen (secondary N) is 2. The van der Waals surface area contributed by atoms with E-state index in [1.165, 1.54) is 24.4 Å². The number of hydrazone groups is 1. The Morgan fingerprint density at radius 3 is 2.62 bits per heavy atom. The van der Waals surface area contributed by atoms with Crippen molar-refractivity contribution in [3.8, 4) is 11.5 Å². The Morgan fingerprint density at radius 1 is 1.17 bits per heavy atom. The van der Waals surface area contributed by atoms with E-state index in [0.717, 1.165) is 0 Å². The molecule has 7 nitrogen and oxygen atoms in total. The Kier molecular flexibility index (Phi) is 8.14. The maximum absolute atomic E-state index is 13.5. The van der Waals surface area contributed by atoms with E-state index in [9.17, 15) is 14.0 Å². The second-order valence-corrected chi connectivity index (χ2v) is 6.36. The second kappa shape index (κ2) is 10.8. The van der Waals surface area contributed by atoms with E-state index in [0.29, 0.717) is 17.1 Å². The van der Waals surface area contributed by atoms with Crippen molar-refractivity contribution in [2.75, 3.05) is 13.7 Å². The van der Waals surface area contributed by atoms with Gasteiger partial charge in [0.05, 0.1) is 25.0 Å². The summed E-state index contributed by atoms with van der Waals surface area (Å²) in [5, 5.41) is 6.38. The summed E-state index contributed by atoms with van der Waals surface area (Å²) in [7, 11) is 1.54. The van der Waals surface area contributed by atoms with Crippen LogP contribution >= 0.6 is 0 Å². The third-order valence-electron chi connectivity index (χ3n) is 3.71. The van der Waals surface area contributed by atoms with Gasteiger partial charge >= 0.3 is 0 Å². The third kappa shape index (κ3) is 6.91. The Balaban J connectivity index is 1.80. The molecular weight excluding hydrogens is 377 g/mol.